The number of carbonyl (C=O) groups excluding carboxylic acids is 1. The van der Waals surface area contributed by atoms with Crippen LogP contribution in [0, 0.1) is 5.82 Å². The van der Waals surface area contributed by atoms with Crippen LogP contribution in [0.3, 0.4) is 0 Å². The summed E-state index contributed by atoms with van der Waals surface area (Å²) in [5, 5.41) is 3.30. The Labute approximate surface area is 104 Å². The second-order valence-electron chi connectivity index (χ2n) is 4.55. The molecule has 1 aromatic rings. The molecule has 2 bridgehead atoms. The molecule has 2 unspecified atom stereocenters. The Morgan fingerprint density at radius 3 is 3.00 bits per heavy atom. The Morgan fingerprint density at radius 2 is 2.35 bits per heavy atom. The summed E-state index contributed by atoms with van der Waals surface area (Å²) in [5.41, 5.74) is 0.0741. The molecule has 2 aliphatic rings. The summed E-state index contributed by atoms with van der Waals surface area (Å²) in [6, 6.07) is 5.11. The lowest BCUT2D eigenvalue weighted by molar-refractivity contribution is 0.0711. The number of rotatable bonds is 1. The maximum Gasteiger partial charge on any atom is 0.257 e. The van der Waals surface area contributed by atoms with E-state index in [0.29, 0.717) is 12.6 Å². The standard InChI is InChI=1S/C12H12ClFN2O/c13-10-3-1-2-9(11(10)14)12(17)16-6-7-4-8(16)5-15-7/h1-3,7-8,15H,4-6H2. The zero-order valence-electron chi connectivity index (χ0n) is 9.12. The molecule has 2 aliphatic heterocycles. The van der Waals surface area contributed by atoms with E-state index in [2.05, 4.69) is 5.32 Å². The maximum absolute atomic E-state index is 13.8. The van der Waals surface area contributed by atoms with Gasteiger partial charge in [0.2, 0.25) is 0 Å². The fourth-order valence-corrected chi connectivity index (χ4v) is 2.81. The highest BCUT2D eigenvalue weighted by molar-refractivity contribution is 6.31. The van der Waals surface area contributed by atoms with E-state index in [1.54, 1.807) is 11.0 Å². The van der Waals surface area contributed by atoms with Crippen LogP contribution in [0.25, 0.3) is 0 Å². The number of amides is 1. The number of halogens is 2. The number of hydrogen-bond acceptors (Lipinski definition) is 2. The van der Waals surface area contributed by atoms with E-state index in [9.17, 15) is 9.18 Å². The minimum atomic E-state index is -0.616. The highest BCUT2D eigenvalue weighted by atomic mass is 35.5. The quantitative estimate of drug-likeness (QED) is 0.827. The van der Waals surface area contributed by atoms with Crippen LogP contribution in [-0.2, 0) is 0 Å². The minimum Gasteiger partial charge on any atom is -0.333 e. The van der Waals surface area contributed by atoms with Gasteiger partial charge in [-0.15, -0.1) is 0 Å². The lowest BCUT2D eigenvalue weighted by atomic mass is 10.1. The minimum absolute atomic E-state index is 0.00155. The number of hydrogen-bond donors (Lipinski definition) is 1. The van der Waals surface area contributed by atoms with Crippen molar-refractivity contribution in [2.45, 2.75) is 18.5 Å². The van der Waals surface area contributed by atoms with Gasteiger partial charge in [0.25, 0.3) is 5.91 Å². The van der Waals surface area contributed by atoms with Crippen molar-refractivity contribution >= 4 is 17.5 Å². The van der Waals surface area contributed by atoms with Crippen LogP contribution in [0.4, 0.5) is 4.39 Å². The van der Waals surface area contributed by atoms with Gasteiger partial charge in [0.05, 0.1) is 10.6 Å². The Kier molecular flexibility index (Phi) is 2.56. The lowest BCUT2D eigenvalue weighted by Gasteiger charge is -2.27. The Balaban J connectivity index is 1.89. The molecule has 90 valence electrons. The molecule has 1 amide bonds. The monoisotopic (exact) mass is 254 g/mol. The van der Waals surface area contributed by atoms with E-state index in [0.717, 1.165) is 13.0 Å². The largest absolute Gasteiger partial charge is 0.333 e. The van der Waals surface area contributed by atoms with Crippen molar-refractivity contribution in [1.29, 1.82) is 0 Å². The van der Waals surface area contributed by atoms with Crippen LogP contribution in [-0.4, -0.2) is 36.0 Å². The van der Waals surface area contributed by atoms with Crippen LogP contribution >= 0.6 is 11.6 Å². The zero-order valence-corrected chi connectivity index (χ0v) is 9.88. The van der Waals surface area contributed by atoms with Gasteiger partial charge in [-0.2, -0.15) is 0 Å². The Hall–Kier alpha value is -1.13. The van der Waals surface area contributed by atoms with Crippen molar-refractivity contribution in [3.05, 3.63) is 34.6 Å². The number of carbonyl (C=O) groups is 1. The molecule has 0 aromatic heterocycles. The second-order valence-corrected chi connectivity index (χ2v) is 4.96. The lowest BCUT2D eigenvalue weighted by Crippen LogP contribution is -2.46. The molecule has 2 fully saturated rings. The Bertz CT molecular complexity index is 480. The number of likely N-dealkylation sites (tertiary alicyclic amines) is 1. The third-order valence-electron chi connectivity index (χ3n) is 3.50. The van der Waals surface area contributed by atoms with Crippen molar-refractivity contribution < 1.29 is 9.18 Å². The number of nitrogens with zero attached hydrogens (tertiary/aromatic N) is 1. The number of benzene rings is 1. The third kappa shape index (κ3) is 1.72. The number of nitrogens with one attached hydrogen (secondary N) is 1. The van der Waals surface area contributed by atoms with Gasteiger partial charge >= 0.3 is 0 Å². The third-order valence-corrected chi connectivity index (χ3v) is 3.79. The van der Waals surface area contributed by atoms with Gasteiger partial charge in [0.1, 0.15) is 0 Å². The fourth-order valence-electron chi connectivity index (χ4n) is 2.63. The summed E-state index contributed by atoms with van der Waals surface area (Å²) in [6.45, 7) is 1.47. The van der Waals surface area contributed by atoms with Crippen molar-refractivity contribution in [2.75, 3.05) is 13.1 Å². The molecule has 3 rings (SSSR count). The van der Waals surface area contributed by atoms with Gasteiger partial charge in [0.15, 0.2) is 5.82 Å². The van der Waals surface area contributed by atoms with Gasteiger partial charge in [-0.1, -0.05) is 17.7 Å². The summed E-state index contributed by atoms with van der Waals surface area (Å²) < 4.78 is 13.8. The first kappa shape index (κ1) is 11.0. The number of fused-ring (bicyclic) bond motifs is 2. The first-order valence-corrected chi connectivity index (χ1v) is 6.03. The van der Waals surface area contributed by atoms with E-state index < -0.39 is 5.82 Å². The smallest absolute Gasteiger partial charge is 0.257 e. The molecule has 0 radical (unpaired) electrons. The molecule has 2 heterocycles. The van der Waals surface area contributed by atoms with Crippen LogP contribution in [0.15, 0.2) is 18.2 Å². The van der Waals surface area contributed by atoms with Crippen LogP contribution in [0.5, 0.6) is 0 Å². The molecular formula is C12H12ClFN2O. The predicted octanol–water partition coefficient (Wildman–Crippen LogP) is 1.67. The molecule has 3 nitrogen and oxygen atoms in total. The molecule has 0 aliphatic carbocycles. The molecular weight excluding hydrogens is 243 g/mol. The fraction of sp³-hybridized carbons (Fsp3) is 0.417. The van der Waals surface area contributed by atoms with E-state index in [-0.39, 0.29) is 22.5 Å². The molecule has 1 N–H and O–H groups in total. The average molecular weight is 255 g/mol. The van der Waals surface area contributed by atoms with Gasteiger partial charge in [-0.3, -0.25) is 4.79 Å². The zero-order chi connectivity index (χ0) is 12.0. The molecule has 0 spiro atoms. The van der Waals surface area contributed by atoms with E-state index in [1.165, 1.54) is 12.1 Å². The van der Waals surface area contributed by atoms with E-state index >= 15 is 0 Å². The molecule has 0 saturated carbocycles. The van der Waals surface area contributed by atoms with Crippen LogP contribution in [0.2, 0.25) is 5.02 Å². The van der Waals surface area contributed by atoms with Gasteiger partial charge < -0.3 is 10.2 Å². The van der Waals surface area contributed by atoms with Crippen molar-refractivity contribution in [2.24, 2.45) is 0 Å². The Morgan fingerprint density at radius 1 is 1.53 bits per heavy atom. The van der Waals surface area contributed by atoms with Gasteiger partial charge in [-0.05, 0) is 18.6 Å². The van der Waals surface area contributed by atoms with E-state index in [1.807, 2.05) is 0 Å². The second kappa shape index (κ2) is 3.96. The van der Waals surface area contributed by atoms with Crippen molar-refractivity contribution in [3.63, 3.8) is 0 Å². The van der Waals surface area contributed by atoms with Gasteiger partial charge in [-0.25, -0.2) is 4.39 Å². The van der Waals surface area contributed by atoms with E-state index in [4.69, 9.17) is 11.6 Å². The maximum atomic E-state index is 13.8. The molecule has 5 heteroatoms. The topological polar surface area (TPSA) is 32.3 Å². The summed E-state index contributed by atoms with van der Waals surface area (Å²) in [5.74, 6) is -0.867. The van der Waals surface area contributed by atoms with Gasteiger partial charge in [0, 0.05) is 25.2 Å². The SMILES string of the molecule is O=C(c1cccc(Cl)c1F)N1CC2CC1CN2. The first-order chi connectivity index (χ1) is 8.16. The molecule has 17 heavy (non-hydrogen) atoms. The highest BCUT2D eigenvalue weighted by Crippen LogP contribution is 2.27. The summed E-state index contributed by atoms with van der Waals surface area (Å²) in [7, 11) is 0. The van der Waals surface area contributed by atoms with Crippen LogP contribution in [0.1, 0.15) is 16.8 Å². The van der Waals surface area contributed by atoms with Crippen molar-refractivity contribution in [1.82, 2.24) is 10.2 Å². The number of piperazine rings is 1. The van der Waals surface area contributed by atoms with Crippen LogP contribution < -0.4 is 5.32 Å². The molecule has 2 saturated heterocycles. The normalized spacial score (nSPS) is 26.6. The van der Waals surface area contributed by atoms with Crippen molar-refractivity contribution in [3.8, 4) is 0 Å². The summed E-state index contributed by atoms with van der Waals surface area (Å²) in [6.07, 6.45) is 0.966. The highest BCUT2D eigenvalue weighted by Gasteiger charge is 2.40. The molecule has 1 aromatic carbocycles. The summed E-state index contributed by atoms with van der Waals surface area (Å²) >= 11 is 5.69. The first-order valence-electron chi connectivity index (χ1n) is 5.65. The summed E-state index contributed by atoms with van der Waals surface area (Å²) in [4.78, 5) is 14.0. The average Bonchev–Trinajstić information content (AvgIpc) is 2.94. The molecule has 2 atom stereocenters. The predicted molar refractivity (Wildman–Crippen MR) is 62.6 cm³/mol.